The first-order valence-electron chi connectivity index (χ1n) is 10.9. The van der Waals surface area contributed by atoms with Gasteiger partial charge in [-0.25, -0.2) is 4.39 Å². The van der Waals surface area contributed by atoms with E-state index in [0.717, 1.165) is 29.0 Å². The van der Waals surface area contributed by atoms with Crippen LogP contribution in [0.4, 0.5) is 10.1 Å². The Hall–Kier alpha value is -3.52. The highest BCUT2D eigenvalue weighted by Crippen LogP contribution is 2.38. The summed E-state index contributed by atoms with van der Waals surface area (Å²) in [5.74, 6) is 2.34. The van der Waals surface area contributed by atoms with Crippen LogP contribution in [0.1, 0.15) is 17.2 Å². The summed E-state index contributed by atoms with van der Waals surface area (Å²) in [5, 5.41) is 3.89. The smallest absolute Gasteiger partial charge is 0.174 e. The van der Waals surface area contributed by atoms with Crippen LogP contribution in [-0.2, 0) is 6.42 Å². The quantitative estimate of drug-likeness (QED) is 0.463. The van der Waals surface area contributed by atoms with E-state index in [2.05, 4.69) is 10.2 Å². The largest absolute Gasteiger partial charge is 0.497 e. The Bertz CT molecular complexity index is 1160. The zero-order valence-corrected chi connectivity index (χ0v) is 20.2. The van der Waals surface area contributed by atoms with Gasteiger partial charge >= 0.3 is 0 Å². The standard InChI is InChI=1S/C26H27FN2O4S/c1-30-21-6-4-5-19(14-21)28-26(34)29-12-11-17-13-24(31-2)25(32-3)15-22(17)23(29)16-33-20-9-7-18(27)8-10-20/h4-10,13-15,23H,11-12,16H2,1-3H3,(H,28,34). The van der Waals surface area contributed by atoms with Crippen molar-refractivity contribution in [2.75, 3.05) is 39.8 Å². The summed E-state index contributed by atoms with van der Waals surface area (Å²) in [7, 11) is 4.87. The molecule has 0 aliphatic carbocycles. The molecule has 6 nitrogen and oxygen atoms in total. The second kappa shape index (κ2) is 10.6. The van der Waals surface area contributed by atoms with Gasteiger partial charge in [-0.2, -0.15) is 0 Å². The van der Waals surface area contributed by atoms with Crippen LogP contribution in [0.5, 0.6) is 23.0 Å². The number of methoxy groups -OCH3 is 3. The second-order valence-corrected chi connectivity index (χ2v) is 8.18. The summed E-state index contributed by atoms with van der Waals surface area (Å²) >= 11 is 5.81. The number of rotatable bonds is 7. The van der Waals surface area contributed by atoms with Crippen molar-refractivity contribution in [3.8, 4) is 23.0 Å². The van der Waals surface area contributed by atoms with E-state index in [-0.39, 0.29) is 11.9 Å². The van der Waals surface area contributed by atoms with Gasteiger partial charge in [0.25, 0.3) is 0 Å². The Labute approximate surface area is 204 Å². The molecule has 178 valence electrons. The summed E-state index contributed by atoms with van der Waals surface area (Å²) in [5.41, 5.74) is 3.02. The van der Waals surface area contributed by atoms with Crippen LogP contribution >= 0.6 is 12.2 Å². The molecule has 1 aliphatic heterocycles. The average Bonchev–Trinajstić information content (AvgIpc) is 2.87. The van der Waals surface area contributed by atoms with Gasteiger partial charge in [-0.3, -0.25) is 0 Å². The van der Waals surface area contributed by atoms with Crippen molar-refractivity contribution >= 4 is 23.0 Å². The lowest BCUT2D eigenvalue weighted by Crippen LogP contribution is -2.44. The molecule has 34 heavy (non-hydrogen) atoms. The van der Waals surface area contributed by atoms with Crippen LogP contribution in [0.25, 0.3) is 0 Å². The summed E-state index contributed by atoms with van der Waals surface area (Å²) in [6.45, 7) is 1.00. The van der Waals surface area contributed by atoms with Crippen molar-refractivity contribution < 1.29 is 23.3 Å². The Balaban J connectivity index is 1.63. The normalized spacial score (nSPS) is 14.7. The van der Waals surface area contributed by atoms with Crippen molar-refractivity contribution in [3.05, 3.63) is 77.6 Å². The number of halogens is 1. The van der Waals surface area contributed by atoms with Crippen LogP contribution in [0.3, 0.4) is 0 Å². The fraction of sp³-hybridized carbons (Fsp3) is 0.269. The van der Waals surface area contributed by atoms with E-state index >= 15 is 0 Å². The number of ether oxygens (including phenoxy) is 4. The van der Waals surface area contributed by atoms with Crippen LogP contribution < -0.4 is 24.3 Å². The topological polar surface area (TPSA) is 52.2 Å². The molecule has 0 saturated heterocycles. The number of nitrogens with zero attached hydrogens (tertiary/aromatic N) is 1. The summed E-state index contributed by atoms with van der Waals surface area (Å²) < 4.78 is 35.8. The zero-order chi connectivity index (χ0) is 24.1. The molecule has 0 bridgehead atoms. The Kier molecular flexibility index (Phi) is 7.37. The summed E-state index contributed by atoms with van der Waals surface area (Å²) in [6.07, 6.45) is 0.780. The predicted octanol–water partition coefficient (Wildman–Crippen LogP) is 5.23. The molecule has 1 heterocycles. The highest BCUT2D eigenvalue weighted by Gasteiger charge is 2.31. The molecule has 3 aromatic carbocycles. The van der Waals surface area contributed by atoms with E-state index in [1.54, 1.807) is 33.5 Å². The van der Waals surface area contributed by atoms with E-state index in [4.69, 9.17) is 31.2 Å². The fourth-order valence-corrected chi connectivity index (χ4v) is 4.39. The van der Waals surface area contributed by atoms with Crippen LogP contribution in [-0.4, -0.2) is 44.5 Å². The number of hydrogen-bond donors (Lipinski definition) is 1. The van der Waals surface area contributed by atoms with Crippen molar-refractivity contribution in [2.24, 2.45) is 0 Å². The van der Waals surface area contributed by atoms with Crippen molar-refractivity contribution in [3.63, 3.8) is 0 Å². The van der Waals surface area contributed by atoms with Gasteiger partial charge in [-0.15, -0.1) is 0 Å². The maximum Gasteiger partial charge on any atom is 0.174 e. The lowest BCUT2D eigenvalue weighted by Gasteiger charge is -2.39. The van der Waals surface area contributed by atoms with Crippen LogP contribution in [0, 0.1) is 5.82 Å². The maximum atomic E-state index is 13.3. The molecule has 1 atom stereocenters. The minimum atomic E-state index is -0.308. The second-order valence-electron chi connectivity index (χ2n) is 7.79. The first kappa shape index (κ1) is 23.6. The third-order valence-corrected chi connectivity index (χ3v) is 6.14. The lowest BCUT2D eigenvalue weighted by atomic mass is 9.92. The lowest BCUT2D eigenvalue weighted by molar-refractivity contribution is 0.190. The van der Waals surface area contributed by atoms with Gasteiger partial charge in [0, 0.05) is 18.3 Å². The van der Waals surface area contributed by atoms with Gasteiger partial charge < -0.3 is 29.2 Å². The van der Waals surface area contributed by atoms with E-state index in [0.29, 0.717) is 35.5 Å². The van der Waals surface area contributed by atoms with E-state index in [9.17, 15) is 4.39 Å². The first-order chi connectivity index (χ1) is 16.5. The van der Waals surface area contributed by atoms with E-state index < -0.39 is 0 Å². The minimum Gasteiger partial charge on any atom is -0.497 e. The molecular formula is C26H27FN2O4S. The van der Waals surface area contributed by atoms with Gasteiger partial charge in [-0.05, 0) is 78.3 Å². The molecule has 0 amide bonds. The van der Waals surface area contributed by atoms with Gasteiger partial charge in [0.2, 0.25) is 0 Å². The average molecular weight is 483 g/mol. The third-order valence-electron chi connectivity index (χ3n) is 5.81. The summed E-state index contributed by atoms with van der Waals surface area (Å²) in [4.78, 5) is 2.10. The van der Waals surface area contributed by atoms with Gasteiger partial charge in [-0.1, -0.05) is 6.07 Å². The Morgan fingerprint density at radius 2 is 1.71 bits per heavy atom. The van der Waals surface area contributed by atoms with Gasteiger partial charge in [0.15, 0.2) is 16.6 Å². The molecule has 4 rings (SSSR count). The molecule has 1 N–H and O–H groups in total. The molecule has 0 aromatic heterocycles. The molecule has 0 radical (unpaired) electrons. The number of anilines is 1. The number of benzene rings is 3. The SMILES string of the molecule is COc1cccc(NC(=S)N2CCc3cc(OC)c(OC)cc3C2COc2ccc(F)cc2)c1. The number of nitrogens with one attached hydrogen (secondary N) is 1. The van der Waals surface area contributed by atoms with E-state index in [1.807, 2.05) is 36.4 Å². The monoisotopic (exact) mass is 482 g/mol. The van der Waals surface area contributed by atoms with Crippen molar-refractivity contribution in [1.82, 2.24) is 4.90 Å². The predicted molar refractivity (Wildman–Crippen MR) is 134 cm³/mol. The fourth-order valence-electron chi connectivity index (χ4n) is 4.05. The number of hydrogen-bond acceptors (Lipinski definition) is 5. The first-order valence-corrected chi connectivity index (χ1v) is 11.3. The maximum absolute atomic E-state index is 13.3. The summed E-state index contributed by atoms with van der Waals surface area (Å²) in [6, 6.07) is 17.4. The molecule has 0 spiro atoms. The van der Waals surface area contributed by atoms with Crippen molar-refractivity contribution in [1.29, 1.82) is 0 Å². The van der Waals surface area contributed by atoms with Crippen molar-refractivity contribution in [2.45, 2.75) is 12.5 Å². The Morgan fingerprint density at radius 3 is 2.41 bits per heavy atom. The van der Waals surface area contributed by atoms with Gasteiger partial charge in [0.1, 0.15) is 23.9 Å². The van der Waals surface area contributed by atoms with Crippen LogP contribution in [0.2, 0.25) is 0 Å². The zero-order valence-electron chi connectivity index (χ0n) is 19.3. The Morgan fingerprint density at radius 1 is 0.971 bits per heavy atom. The van der Waals surface area contributed by atoms with Crippen LogP contribution in [0.15, 0.2) is 60.7 Å². The molecular weight excluding hydrogens is 455 g/mol. The number of thiocarbonyl (C=S) groups is 1. The minimum absolute atomic E-state index is 0.195. The molecule has 1 unspecified atom stereocenters. The molecule has 1 aliphatic rings. The highest BCUT2D eigenvalue weighted by atomic mass is 32.1. The number of fused-ring (bicyclic) bond motifs is 1. The molecule has 0 saturated carbocycles. The molecule has 3 aromatic rings. The van der Waals surface area contributed by atoms with E-state index in [1.165, 1.54) is 12.1 Å². The highest BCUT2D eigenvalue weighted by molar-refractivity contribution is 7.80. The molecule has 8 heteroatoms. The molecule has 0 fully saturated rings. The van der Waals surface area contributed by atoms with Gasteiger partial charge in [0.05, 0.1) is 27.4 Å². The third kappa shape index (κ3) is 5.17.